The van der Waals surface area contributed by atoms with E-state index in [2.05, 4.69) is 30.9 Å². The fourth-order valence-electron chi connectivity index (χ4n) is 2.17. The number of benzene rings is 2. The Morgan fingerprint density at radius 2 is 1.50 bits per heavy atom. The molecule has 26 heavy (non-hydrogen) atoms. The molecule has 9 nitrogen and oxygen atoms in total. The van der Waals surface area contributed by atoms with E-state index >= 15 is 0 Å². The third-order valence-electron chi connectivity index (χ3n) is 3.33. The molecule has 0 aliphatic heterocycles. The first-order valence-electron chi connectivity index (χ1n) is 8.01. The summed E-state index contributed by atoms with van der Waals surface area (Å²) in [6.07, 6.45) is 0. The molecule has 0 aliphatic carbocycles. The number of anilines is 6. The Morgan fingerprint density at radius 3 is 2.15 bits per heavy atom. The van der Waals surface area contributed by atoms with Crippen molar-refractivity contribution in [3.8, 4) is 5.75 Å². The summed E-state index contributed by atoms with van der Waals surface area (Å²) in [4.78, 5) is 13.0. The molecule has 2 aromatic carbocycles. The number of rotatable bonds is 7. The van der Waals surface area contributed by atoms with Gasteiger partial charge in [-0.15, -0.1) is 0 Å². The summed E-state index contributed by atoms with van der Waals surface area (Å²) in [5.41, 5.74) is 13.5. The lowest BCUT2D eigenvalue weighted by atomic mass is 10.3. The van der Waals surface area contributed by atoms with Crippen molar-refractivity contribution in [2.24, 2.45) is 5.73 Å². The first-order chi connectivity index (χ1) is 12.6. The van der Waals surface area contributed by atoms with Crippen LogP contribution < -0.4 is 27.4 Å². The molecule has 1 aromatic heterocycles. The highest BCUT2D eigenvalue weighted by Crippen LogP contribution is 2.21. The van der Waals surface area contributed by atoms with Crippen LogP contribution in [0.4, 0.5) is 34.9 Å². The normalized spacial score (nSPS) is 10.3. The van der Waals surface area contributed by atoms with Crippen molar-refractivity contribution in [1.82, 2.24) is 15.0 Å². The van der Waals surface area contributed by atoms with Crippen LogP contribution in [0.3, 0.4) is 0 Å². The molecule has 0 aliphatic rings. The van der Waals surface area contributed by atoms with Gasteiger partial charge in [0, 0.05) is 30.2 Å². The fourth-order valence-corrected chi connectivity index (χ4v) is 2.17. The van der Waals surface area contributed by atoms with Crippen LogP contribution in [0.2, 0.25) is 0 Å². The maximum atomic E-state index is 9.38. The van der Waals surface area contributed by atoms with Crippen molar-refractivity contribution < 1.29 is 5.11 Å². The predicted molar refractivity (Wildman–Crippen MR) is 103 cm³/mol. The SMILES string of the molecule is NCCNc1nc(Nc2ccc(O)cc2)nc(Nc2cccc(N)c2)n1. The molecule has 0 bridgehead atoms. The van der Waals surface area contributed by atoms with Crippen molar-refractivity contribution in [2.75, 3.05) is 34.8 Å². The number of nitrogens with one attached hydrogen (secondary N) is 3. The minimum Gasteiger partial charge on any atom is -0.508 e. The predicted octanol–water partition coefficient (Wildman–Crippen LogP) is 2.02. The average molecular weight is 352 g/mol. The first-order valence-corrected chi connectivity index (χ1v) is 8.01. The van der Waals surface area contributed by atoms with Gasteiger partial charge in [0.1, 0.15) is 5.75 Å². The summed E-state index contributed by atoms with van der Waals surface area (Å²) in [5, 5.41) is 18.6. The number of hydrogen-bond acceptors (Lipinski definition) is 9. The van der Waals surface area contributed by atoms with E-state index in [1.165, 1.54) is 0 Å². The van der Waals surface area contributed by atoms with Crippen LogP contribution >= 0.6 is 0 Å². The van der Waals surface area contributed by atoms with Crippen molar-refractivity contribution >= 4 is 34.9 Å². The van der Waals surface area contributed by atoms with E-state index in [0.29, 0.717) is 36.6 Å². The summed E-state index contributed by atoms with van der Waals surface area (Å²) >= 11 is 0. The quantitative estimate of drug-likeness (QED) is 0.277. The summed E-state index contributed by atoms with van der Waals surface area (Å²) in [6.45, 7) is 0.977. The molecule has 0 spiro atoms. The van der Waals surface area contributed by atoms with Gasteiger partial charge in [0.05, 0.1) is 0 Å². The van der Waals surface area contributed by atoms with E-state index in [4.69, 9.17) is 11.5 Å². The number of nitrogen functional groups attached to an aromatic ring is 1. The lowest BCUT2D eigenvalue weighted by Crippen LogP contribution is -2.16. The summed E-state index contributed by atoms with van der Waals surface area (Å²) < 4.78 is 0. The highest BCUT2D eigenvalue weighted by atomic mass is 16.3. The van der Waals surface area contributed by atoms with E-state index in [9.17, 15) is 5.11 Å². The zero-order chi connectivity index (χ0) is 18.4. The molecule has 0 amide bonds. The second kappa shape index (κ2) is 7.99. The lowest BCUT2D eigenvalue weighted by Gasteiger charge is -2.11. The molecule has 3 aromatic rings. The van der Waals surface area contributed by atoms with Crippen LogP contribution in [-0.2, 0) is 0 Å². The Morgan fingerprint density at radius 1 is 0.846 bits per heavy atom. The minimum atomic E-state index is 0.181. The second-order valence-corrected chi connectivity index (χ2v) is 5.44. The molecule has 134 valence electrons. The van der Waals surface area contributed by atoms with Crippen LogP contribution in [0.25, 0.3) is 0 Å². The average Bonchev–Trinajstić information content (AvgIpc) is 2.62. The van der Waals surface area contributed by atoms with Crippen LogP contribution in [-0.4, -0.2) is 33.1 Å². The number of nitrogens with two attached hydrogens (primary N) is 2. The monoisotopic (exact) mass is 352 g/mol. The summed E-state index contributed by atoms with van der Waals surface area (Å²) in [6, 6.07) is 13.9. The number of aromatic hydroxyl groups is 1. The van der Waals surface area contributed by atoms with Gasteiger partial charge in [0.2, 0.25) is 17.8 Å². The fraction of sp³-hybridized carbons (Fsp3) is 0.118. The van der Waals surface area contributed by atoms with Crippen molar-refractivity contribution in [1.29, 1.82) is 0 Å². The summed E-state index contributed by atoms with van der Waals surface area (Å²) in [5.74, 6) is 1.27. The Hall–Kier alpha value is -3.59. The topological polar surface area (TPSA) is 147 Å². The zero-order valence-corrected chi connectivity index (χ0v) is 14.0. The number of aromatic nitrogens is 3. The molecule has 8 N–H and O–H groups in total. The number of nitrogens with zero attached hydrogens (tertiary/aromatic N) is 3. The molecule has 0 radical (unpaired) electrons. The Kier molecular flexibility index (Phi) is 5.30. The van der Waals surface area contributed by atoms with Gasteiger partial charge in [-0.05, 0) is 42.5 Å². The lowest BCUT2D eigenvalue weighted by molar-refractivity contribution is 0.475. The smallest absolute Gasteiger partial charge is 0.233 e. The molecule has 1 heterocycles. The van der Waals surface area contributed by atoms with Gasteiger partial charge in [-0.1, -0.05) is 6.07 Å². The van der Waals surface area contributed by atoms with Crippen LogP contribution in [0.5, 0.6) is 5.75 Å². The number of hydrogen-bond donors (Lipinski definition) is 6. The van der Waals surface area contributed by atoms with Crippen molar-refractivity contribution in [2.45, 2.75) is 0 Å². The van der Waals surface area contributed by atoms with Crippen molar-refractivity contribution in [3.05, 3.63) is 48.5 Å². The van der Waals surface area contributed by atoms with Gasteiger partial charge in [0.15, 0.2) is 0 Å². The molecule has 3 rings (SSSR count). The van der Waals surface area contributed by atoms with E-state index < -0.39 is 0 Å². The highest BCUT2D eigenvalue weighted by Gasteiger charge is 2.08. The van der Waals surface area contributed by atoms with Gasteiger partial charge in [-0.2, -0.15) is 15.0 Å². The Balaban J connectivity index is 1.86. The molecule has 9 heteroatoms. The van der Waals surface area contributed by atoms with E-state index in [-0.39, 0.29) is 5.75 Å². The largest absolute Gasteiger partial charge is 0.508 e. The number of phenolic OH excluding ortho intramolecular Hbond substituents is 1. The van der Waals surface area contributed by atoms with E-state index in [1.54, 1.807) is 36.4 Å². The zero-order valence-electron chi connectivity index (χ0n) is 14.0. The molecule has 0 saturated heterocycles. The maximum absolute atomic E-state index is 9.38. The highest BCUT2D eigenvalue weighted by molar-refractivity contribution is 5.62. The second-order valence-electron chi connectivity index (χ2n) is 5.44. The van der Waals surface area contributed by atoms with Crippen LogP contribution in [0.1, 0.15) is 0 Å². The molecular weight excluding hydrogens is 332 g/mol. The molecular formula is C17H20N8O. The van der Waals surface area contributed by atoms with Gasteiger partial charge in [0.25, 0.3) is 0 Å². The Bertz CT molecular complexity index is 869. The summed E-state index contributed by atoms with van der Waals surface area (Å²) in [7, 11) is 0. The Labute approximate surface area is 150 Å². The van der Waals surface area contributed by atoms with Crippen LogP contribution in [0.15, 0.2) is 48.5 Å². The van der Waals surface area contributed by atoms with E-state index in [1.807, 2.05) is 12.1 Å². The number of phenols is 1. The van der Waals surface area contributed by atoms with Gasteiger partial charge >= 0.3 is 0 Å². The van der Waals surface area contributed by atoms with Gasteiger partial charge in [-0.25, -0.2) is 0 Å². The van der Waals surface area contributed by atoms with Crippen LogP contribution in [0, 0.1) is 0 Å². The minimum absolute atomic E-state index is 0.181. The van der Waals surface area contributed by atoms with Crippen molar-refractivity contribution in [3.63, 3.8) is 0 Å². The molecule has 0 unspecified atom stereocenters. The standard InChI is InChI=1S/C17H20N8O/c18-8-9-20-15-23-16(21-12-4-6-14(26)7-5-12)25-17(24-15)22-13-3-1-2-11(19)10-13/h1-7,10,26H,8-9,18-19H2,(H3,20,21,22,23,24,25). The molecule has 0 saturated carbocycles. The molecule has 0 atom stereocenters. The third-order valence-corrected chi connectivity index (χ3v) is 3.33. The van der Waals surface area contributed by atoms with Gasteiger partial charge < -0.3 is 32.5 Å². The maximum Gasteiger partial charge on any atom is 0.233 e. The van der Waals surface area contributed by atoms with Gasteiger partial charge in [-0.3, -0.25) is 0 Å². The van der Waals surface area contributed by atoms with E-state index in [0.717, 1.165) is 11.4 Å². The molecule has 0 fully saturated rings. The third kappa shape index (κ3) is 4.71. The first kappa shape index (κ1) is 17.2.